The van der Waals surface area contributed by atoms with Crippen molar-refractivity contribution in [1.82, 2.24) is 19.9 Å². The monoisotopic (exact) mass is 258 g/mol. The number of imidazole rings is 1. The van der Waals surface area contributed by atoms with Crippen LogP contribution in [0.4, 0.5) is 0 Å². The van der Waals surface area contributed by atoms with Gasteiger partial charge in [-0.25, -0.2) is 4.98 Å². The topological polar surface area (TPSA) is 42.7 Å². The van der Waals surface area contributed by atoms with E-state index in [1.807, 2.05) is 18.5 Å². The molecule has 0 aliphatic heterocycles. The van der Waals surface area contributed by atoms with Crippen molar-refractivity contribution in [2.24, 2.45) is 0 Å². The Morgan fingerprint density at radius 1 is 1.26 bits per heavy atom. The highest BCUT2D eigenvalue weighted by Gasteiger charge is 2.18. The smallest absolute Gasteiger partial charge is 0.130 e. The molecule has 0 saturated carbocycles. The Kier molecular flexibility index (Phi) is 5.10. The van der Waals surface area contributed by atoms with Gasteiger partial charge in [-0.05, 0) is 31.0 Å². The molecule has 0 aromatic carbocycles. The van der Waals surface area contributed by atoms with Crippen molar-refractivity contribution in [1.29, 1.82) is 0 Å². The maximum absolute atomic E-state index is 4.54. The third kappa shape index (κ3) is 3.41. The predicted molar refractivity (Wildman–Crippen MR) is 76.9 cm³/mol. The molecule has 1 unspecified atom stereocenters. The molecule has 2 aromatic rings. The molecular formula is C15H22N4. The van der Waals surface area contributed by atoms with Gasteiger partial charge >= 0.3 is 0 Å². The third-order valence-corrected chi connectivity index (χ3v) is 3.09. The molecule has 0 bridgehead atoms. The number of pyridine rings is 1. The maximum Gasteiger partial charge on any atom is 0.130 e. The molecule has 0 fully saturated rings. The molecule has 0 aliphatic rings. The maximum atomic E-state index is 4.54. The standard InChI is InChI=1S/C15H22N4/c1-3-7-17-14(13-6-5-8-16-12-13)15-18-9-11-19(15)10-4-2/h5-6,8-9,11-12,14,17H,3-4,7,10H2,1-2H3. The second-order valence-electron chi connectivity index (χ2n) is 4.65. The highest BCUT2D eigenvalue weighted by atomic mass is 15.1. The molecule has 0 spiro atoms. The van der Waals surface area contributed by atoms with Gasteiger partial charge in [0.25, 0.3) is 0 Å². The Labute approximate surface area is 114 Å². The van der Waals surface area contributed by atoms with Crippen LogP contribution in [0.2, 0.25) is 0 Å². The first-order valence-electron chi connectivity index (χ1n) is 7.01. The van der Waals surface area contributed by atoms with E-state index in [9.17, 15) is 0 Å². The lowest BCUT2D eigenvalue weighted by molar-refractivity contribution is 0.529. The van der Waals surface area contributed by atoms with E-state index in [1.54, 1.807) is 6.20 Å². The first-order valence-corrected chi connectivity index (χ1v) is 7.01. The van der Waals surface area contributed by atoms with Crippen LogP contribution in [-0.4, -0.2) is 21.1 Å². The minimum atomic E-state index is 0.121. The van der Waals surface area contributed by atoms with E-state index in [0.717, 1.165) is 31.8 Å². The van der Waals surface area contributed by atoms with Crippen LogP contribution in [0.25, 0.3) is 0 Å². The van der Waals surface area contributed by atoms with Gasteiger partial charge in [-0.1, -0.05) is 19.9 Å². The van der Waals surface area contributed by atoms with E-state index in [2.05, 4.69) is 46.0 Å². The summed E-state index contributed by atoms with van der Waals surface area (Å²) in [5.41, 5.74) is 1.17. The first kappa shape index (κ1) is 13.7. The number of hydrogen-bond acceptors (Lipinski definition) is 3. The van der Waals surface area contributed by atoms with Crippen molar-refractivity contribution in [2.75, 3.05) is 6.54 Å². The number of aryl methyl sites for hydroxylation is 1. The zero-order chi connectivity index (χ0) is 13.5. The Morgan fingerprint density at radius 3 is 2.84 bits per heavy atom. The van der Waals surface area contributed by atoms with Crippen molar-refractivity contribution in [3.63, 3.8) is 0 Å². The van der Waals surface area contributed by atoms with Crippen LogP contribution in [0, 0.1) is 0 Å². The lowest BCUT2D eigenvalue weighted by Crippen LogP contribution is -2.26. The summed E-state index contributed by atoms with van der Waals surface area (Å²) in [4.78, 5) is 8.76. The van der Waals surface area contributed by atoms with Crippen LogP contribution in [0.15, 0.2) is 36.9 Å². The van der Waals surface area contributed by atoms with Crippen molar-refractivity contribution in [2.45, 2.75) is 39.3 Å². The lowest BCUT2D eigenvalue weighted by atomic mass is 10.1. The second kappa shape index (κ2) is 7.04. The van der Waals surface area contributed by atoms with E-state index in [1.165, 1.54) is 5.56 Å². The zero-order valence-corrected chi connectivity index (χ0v) is 11.7. The minimum Gasteiger partial charge on any atom is -0.333 e. The fourth-order valence-corrected chi connectivity index (χ4v) is 2.20. The summed E-state index contributed by atoms with van der Waals surface area (Å²) in [6.07, 6.45) is 9.86. The van der Waals surface area contributed by atoms with Gasteiger partial charge in [0.05, 0.1) is 6.04 Å². The fraction of sp³-hybridized carbons (Fsp3) is 0.467. The Bertz CT molecular complexity index is 478. The highest BCUT2D eigenvalue weighted by Crippen LogP contribution is 2.20. The third-order valence-electron chi connectivity index (χ3n) is 3.09. The molecule has 102 valence electrons. The van der Waals surface area contributed by atoms with Crippen molar-refractivity contribution in [3.05, 3.63) is 48.3 Å². The van der Waals surface area contributed by atoms with Gasteiger partial charge in [-0.3, -0.25) is 4.98 Å². The van der Waals surface area contributed by atoms with Gasteiger partial charge in [0.1, 0.15) is 5.82 Å². The van der Waals surface area contributed by atoms with E-state index in [-0.39, 0.29) is 6.04 Å². The van der Waals surface area contributed by atoms with Crippen LogP contribution in [0.3, 0.4) is 0 Å². The van der Waals surface area contributed by atoms with E-state index < -0.39 is 0 Å². The largest absolute Gasteiger partial charge is 0.333 e. The summed E-state index contributed by atoms with van der Waals surface area (Å²) < 4.78 is 2.22. The van der Waals surface area contributed by atoms with E-state index in [4.69, 9.17) is 0 Å². The molecule has 0 amide bonds. The van der Waals surface area contributed by atoms with Gasteiger partial charge in [0.2, 0.25) is 0 Å². The van der Waals surface area contributed by atoms with Gasteiger partial charge in [-0.15, -0.1) is 0 Å². The van der Waals surface area contributed by atoms with Gasteiger partial charge in [0.15, 0.2) is 0 Å². The van der Waals surface area contributed by atoms with Crippen LogP contribution in [0.1, 0.15) is 44.1 Å². The summed E-state index contributed by atoms with van der Waals surface area (Å²) in [6.45, 7) is 6.33. The highest BCUT2D eigenvalue weighted by molar-refractivity contribution is 5.22. The van der Waals surface area contributed by atoms with E-state index >= 15 is 0 Å². The molecule has 2 heterocycles. The SMILES string of the molecule is CCCNC(c1cccnc1)c1nccn1CCC. The molecule has 2 aromatic heterocycles. The first-order chi connectivity index (χ1) is 9.36. The van der Waals surface area contributed by atoms with Crippen molar-refractivity contribution in [3.8, 4) is 0 Å². The Morgan fingerprint density at radius 2 is 2.16 bits per heavy atom. The van der Waals surface area contributed by atoms with Gasteiger partial charge in [-0.2, -0.15) is 0 Å². The molecule has 0 aliphatic carbocycles. The average molecular weight is 258 g/mol. The number of nitrogens with zero attached hydrogens (tertiary/aromatic N) is 3. The molecule has 4 nitrogen and oxygen atoms in total. The summed E-state index contributed by atoms with van der Waals surface area (Å²) in [5.74, 6) is 1.07. The summed E-state index contributed by atoms with van der Waals surface area (Å²) in [7, 11) is 0. The number of hydrogen-bond donors (Lipinski definition) is 1. The van der Waals surface area contributed by atoms with Crippen molar-refractivity contribution >= 4 is 0 Å². The van der Waals surface area contributed by atoms with Crippen LogP contribution < -0.4 is 5.32 Å². The van der Waals surface area contributed by atoms with Gasteiger partial charge in [0, 0.05) is 31.3 Å². The minimum absolute atomic E-state index is 0.121. The van der Waals surface area contributed by atoms with Crippen molar-refractivity contribution < 1.29 is 0 Å². The van der Waals surface area contributed by atoms with Gasteiger partial charge < -0.3 is 9.88 Å². The molecule has 0 radical (unpaired) electrons. The zero-order valence-electron chi connectivity index (χ0n) is 11.7. The lowest BCUT2D eigenvalue weighted by Gasteiger charge is -2.19. The molecule has 19 heavy (non-hydrogen) atoms. The number of rotatable bonds is 7. The quantitative estimate of drug-likeness (QED) is 0.830. The molecule has 1 N–H and O–H groups in total. The summed E-state index contributed by atoms with van der Waals surface area (Å²) >= 11 is 0. The molecular weight excluding hydrogens is 236 g/mol. The van der Waals surface area contributed by atoms with Crippen LogP contribution in [0.5, 0.6) is 0 Å². The number of aromatic nitrogens is 3. The molecule has 0 saturated heterocycles. The van der Waals surface area contributed by atoms with E-state index in [0.29, 0.717) is 0 Å². The number of nitrogens with one attached hydrogen (secondary N) is 1. The summed E-state index contributed by atoms with van der Waals surface area (Å²) in [5, 5.41) is 3.56. The summed E-state index contributed by atoms with van der Waals surface area (Å²) in [6, 6.07) is 4.20. The second-order valence-corrected chi connectivity index (χ2v) is 4.65. The van der Waals surface area contributed by atoms with Crippen LogP contribution >= 0.6 is 0 Å². The normalized spacial score (nSPS) is 12.5. The average Bonchev–Trinajstić information content (AvgIpc) is 2.89. The predicted octanol–water partition coefficient (Wildman–Crippen LogP) is 2.78. The van der Waals surface area contributed by atoms with Crippen LogP contribution in [-0.2, 0) is 6.54 Å². The molecule has 1 atom stereocenters. The molecule has 2 rings (SSSR count). The molecule has 4 heteroatoms. The Hall–Kier alpha value is -1.68. The fourth-order valence-electron chi connectivity index (χ4n) is 2.20. The Balaban J connectivity index is 2.29.